The van der Waals surface area contributed by atoms with E-state index in [2.05, 4.69) is 10.3 Å². The number of amides is 3. The summed E-state index contributed by atoms with van der Waals surface area (Å²) in [5.74, 6) is -3.24. The predicted octanol–water partition coefficient (Wildman–Crippen LogP) is 0.343. The number of piperazine rings is 1. The molecule has 1 atom stereocenters. The number of fused-ring (bicyclic) bond motifs is 1. The lowest BCUT2D eigenvalue weighted by molar-refractivity contribution is -0.142. The zero-order valence-electron chi connectivity index (χ0n) is 19.4. The van der Waals surface area contributed by atoms with Crippen molar-refractivity contribution in [2.24, 2.45) is 0 Å². The number of anilines is 1. The van der Waals surface area contributed by atoms with Crippen molar-refractivity contribution in [3.05, 3.63) is 71.1 Å². The zero-order valence-corrected chi connectivity index (χ0v) is 19.4. The van der Waals surface area contributed by atoms with E-state index in [9.17, 15) is 19.5 Å². The normalized spacial score (nSPS) is 16.4. The number of nitrogens with zero attached hydrogens (tertiary/aromatic N) is 6. The van der Waals surface area contributed by atoms with Crippen LogP contribution in [0, 0.1) is 11.6 Å². The number of hydrogen-bond acceptors (Lipinski definition) is 8. The molecule has 5 rings (SSSR count). The molecule has 0 saturated carbocycles. The van der Waals surface area contributed by atoms with Crippen molar-refractivity contribution in [3.63, 3.8) is 0 Å². The molecule has 11 nitrogen and oxygen atoms in total. The van der Waals surface area contributed by atoms with Gasteiger partial charge in [0.15, 0.2) is 17.7 Å². The Hall–Kier alpha value is -4.23. The van der Waals surface area contributed by atoms with Crippen LogP contribution in [0.1, 0.15) is 26.4 Å². The van der Waals surface area contributed by atoms with Gasteiger partial charge in [-0.3, -0.25) is 19.3 Å². The van der Waals surface area contributed by atoms with Crippen LogP contribution >= 0.6 is 0 Å². The molecule has 13 heteroatoms. The van der Waals surface area contributed by atoms with E-state index in [1.54, 1.807) is 24.3 Å². The summed E-state index contributed by atoms with van der Waals surface area (Å²) < 4.78 is 31.2. The van der Waals surface area contributed by atoms with Gasteiger partial charge < -0.3 is 20.0 Å². The maximum absolute atomic E-state index is 15.0. The Labute approximate surface area is 209 Å². The molecule has 0 spiro atoms. The van der Waals surface area contributed by atoms with Crippen molar-refractivity contribution < 1.29 is 33.4 Å². The average Bonchev–Trinajstić information content (AvgIpc) is 3.47. The van der Waals surface area contributed by atoms with E-state index >= 15 is 8.78 Å². The van der Waals surface area contributed by atoms with Gasteiger partial charge in [-0.2, -0.15) is 0 Å². The third-order valence-electron chi connectivity index (χ3n) is 6.37. The maximum Gasteiger partial charge on any atom is 0.261 e. The summed E-state index contributed by atoms with van der Waals surface area (Å²) in [5, 5.41) is 26.3. The van der Waals surface area contributed by atoms with Gasteiger partial charge in [-0.05, 0) is 12.1 Å². The molecule has 2 aliphatic rings. The first-order valence-electron chi connectivity index (χ1n) is 11.5. The van der Waals surface area contributed by atoms with Crippen molar-refractivity contribution in [3.8, 4) is 5.69 Å². The SMILES string of the molecule is O=C(C(O)CO)N1CCN(c2c(F)cc(-n3cc(CN4C(=O)c5ccccc5C4=O)nn3)cc2F)CC1. The fraction of sp³-hybridized carbons (Fsp3) is 0.292. The highest BCUT2D eigenvalue weighted by molar-refractivity contribution is 6.21. The Morgan fingerprint density at radius 1 is 1.00 bits per heavy atom. The van der Waals surface area contributed by atoms with Gasteiger partial charge in [-0.25, -0.2) is 13.5 Å². The van der Waals surface area contributed by atoms with Gasteiger partial charge in [0.2, 0.25) is 0 Å². The van der Waals surface area contributed by atoms with Crippen molar-refractivity contribution in [2.75, 3.05) is 37.7 Å². The summed E-state index contributed by atoms with van der Waals surface area (Å²) in [6, 6.07) is 8.64. The van der Waals surface area contributed by atoms with Gasteiger partial charge in [0.1, 0.15) is 11.4 Å². The van der Waals surface area contributed by atoms with E-state index in [1.807, 2.05) is 0 Å². The van der Waals surface area contributed by atoms with Crippen molar-refractivity contribution in [1.29, 1.82) is 0 Å². The third kappa shape index (κ3) is 4.42. The van der Waals surface area contributed by atoms with Crippen LogP contribution in [0.25, 0.3) is 5.69 Å². The minimum absolute atomic E-state index is 0.0553. The first kappa shape index (κ1) is 24.5. The molecule has 192 valence electrons. The van der Waals surface area contributed by atoms with Crippen LogP contribution in [0.15, 0.2) is 42.6 Å². The summed E-state index contributed by atoms with van der Waals surface area (Å²) in [4.78, 5) is 41.0. The molecule has 0 aliphatic carbocycles. The van der Waals surface area contributed by atoms with Crippen LogP contribution in [0.2, 0.25) is 0 Å². The summed E-state index contributed by atoms with van der Waals surface area (Å²) in [6.45, 7) is -0.341. The Morgan fingerprint density at radius 2 is 1.59 bits per heavy atom. The van der Waals surface area contributed by atoms with Gasteiger partial charge in [-0.15, -0.1) is 5.10 Å². The molecule has 3 amide bonds. The van der Waals surface area contributed by atoms with Crippen molar-refractivity contribution in [1.82, 2.24) is 24.8 Å². The second-order valence-corrected chi connectivity index (χ2v) is 8.67. The topological polar surface area (TPSA) is 132 Å². The van der Waals surface area contributed by atoms with E-state index < -0.39 is 42.1 Å². The van der Waals surface area contributed by atoms with Crippen LogP contribution in [-0.4, -0.2) is 91.6 Å². The minimum atomic E-state index is -1.52. The Morgan fingerprint density at radius 3 is 2.16 bits per heavy atom. The number of rotatable bonds is 6. The lowest BCUT2D eigenvalue weighted by Gasteiger charge is -2.37. The molecule has 0 radical (unpaired) electrons. The molecular formula is C24H22F2N6O5. The summed E-state index contributed by atoms with van der Waals surface area (Å²) in [7, 11) is 0. The van der Waals surface area contributed by atoms with Crippen LogP contribution in [0.3, 0.4) is 0 Å². The van der Waals surface area contributed by atoms with Crippen LogP contribution in [0.4, 0.5) is 14.5 Å². The fourth-order valence-corrected chi connectivity index (χ4v) is 4.47. The fourth-order valence-electron chi connectivity index (χ4n) is 4.47. The van der Waals surface area contributed by atoms with Gasteiger partial charge in [-0.1, -0.05) is 17.3 Å². The maximum atomic E-state index is 15.0. The Kier molecular flexibility index (Phi) is 6.39. The molecule has 2 aromatic carbocycles. The predicted molar refractivity (Wildman–Crippen MR) is 124 cm³/mol. The smallest absolute Gasteiger partial charge is 0.261 e. The number of halogens is 2. The molecule has 2 N–H and O–H groups in total. The monoisotopic (exact) mass is 512 g/mol. The quantitative estimate of drug-likeness (QED) is 0.452. The first-order valence-corrected chi connectivity index (χ1v) is 11.5. The lowest BCUT2D eigenvalue weighted by Crippen LogP contribution is -2.52. The number of carbonyl (C=O) groups excluding carboxylic acids is 3. The van der Waals surface area contributed by atoms with Crippen LogP contribution in [-0.2, 0) is 11.3 Å². The first-order chi connectivity index (χ1) is 17.8. The van der Waals surface area contributed by atoms with Crippen molar-refractivity contribution in [2.45, 2.75) is 12.6 Å². The van der Waals surface area contributed by atoms with Gasteiger partial charge >= 0.3 is 0 Å². The van der Waals surface area contributed by atoms with Gasteiger partial charge in [0.05, 0.1) is 36.2 Å². The molecule has 1 unspecified atom stereocenters. The van der Waals surface area contributed by atoms with E-state index in [1.165, 1.54) is 16.0 Å². The number of imide groups is 1. The largest absolute Gasteiger partial charge is 0.393 e. The highest BCUT2D eigenvalue weighted by Crippen LogP contribution is 2.28. The second-order valence-electron chi connectivity index (χ2n) is 8.67. The second kappa shape index (κ2) is 9.67. The lowest BCUT2D eigenvalue weighted by atomic mass is 10.1. The van der Waals surface area contributed by atoms with E-state index in [0.717, 1.165) is 21.7 Å². The zero-order chi connectivity index (χ0) is 26.3. The molecule has 3 aromatic rings. The molecule has 3 heterocycles. The number of aromatic nitrogens is 3. The van der Waals surface area contributed by atoms with E-state index in [-0.39, 0.29) is 49.8 Å². The highest BCUT2D eigenvalue weighted by atomic mass is 19.1. The molecular weight excluding hydrogens is 490 g/mol. The number of benzene rings is 2. The standard InChI is InChI=1S/C24H22F2N6O5/c25-18-9-15(10-19(26)21(18)29-5-7-30(8-6-29)24(37)20(34)13-33)32-12-14(27-28-32)11-31-22(35)16-3-1-2-4-17(16)23(31)36/h1-4,9-10,12,20,33-34H,5-8,11,13H2. The molecule has 1 saturated heterocycles. The van der Waals surface area contributed by atoms with Gasteiger partial charge in [0, 0.05) is 38.3 Å². The summed E-state index contributed by atoms with van der Waals surface area (Å²) in [6.07, 6.45) is -0.141. The third-order valence-corrected chi connectivity index (χ3v) is 6.37. The minimum Gasteiger partial charge on any atom is -0.393 e. The summed E-state index contributed by atoms with van der Waals surface area (Å²) in [5.41, 5.74) is 0.652. The van der Waals surface area contributed by atoms with Crippen molar-refractivity contribution >= 4 is 23.4 Å². The Bertz CT molecular complexity index is 1330. The Balaban J connectivity index is 1.29. The van der Waals surface area contributed by atoms with Crippen LogP contribution in [0.5, 0.6) is 0 Å². The molecule has 0 bridgehead atoms. The molecule has 1 fully saturated rings. The number of hydrogen-bond donors (Lipinski definition) is 2. The average molecular weight is 512 g/mol. The highest BCUT2D eigenvalue weighted by Gasteiger charge is 2.35. The molecule has 1 aromatic heterocycles. The number of aliphatic hydroxyl groups excluding tert-OH is 2. The summed E-state index contributed by atoms with van der Waals surface area (Å²) >= 11 is 0. The van der Waals surface area contributed by atoms with E-state index in [0.29, 0.717) is 11.1 Å². The van der Waals surface area contributed by atoms with Gasteiger partial charge in [0.25, 0.3) is 17.7 Å². The molecule has 2 aliphatic heterocycles. The van der Waals surface area contributed by atoms with E-state index in [4.69, 9.17) is 5.11 Å². The molecule has 37 heavy (non-hydrogen) atoms. The number of carbonyl (C=O) groups is 3. The van der Waals surface area contributed by atoms with Crippen LogP contribution < -0.4 is 4.90 Å². The number of aliphatic hydroxyl groups is 2.